The van der Waals surface area contributed by atoms with Crippen molar-refractivity contribution in [2.45, 2.75) is 31.3 Å². The van der Waals surface area contributed by atoms with E-state index < -0.39 is 12.1 Å². The lowest BCUT2D eigenvalue weighted by Crippen LogP contribution is -2.15. The predicted molar refractivity (Wildman–Crippen MR) is 85.2 cm³/mol. The second-order valence-electron chi connectivity index (χ2n) is 6.24. The van der Waals surface area contributed by atoms with Crippen LogP contribution in [0.4, 0.5) is 0 Å². The van der Waals surface area contributed by atoms with E-state index in [2.05, 4.69) is 5.10 Å². The molecule has 2 aliphatic carbocycles. The van der Waals surface area contributed by atoms with E-state index in [1.54, 1.807) is 7.05 Å². The fourth-order valence-corrected chi connectivity index (χ4v) is 4.00. The molecule has 23 heavy (non-hydrogen) atoms. The largest absolute Gasteiger partial charge is 0.477 e. The highest BCUT2D eigenvalue weighted by Gasteiger charge is 2.36. The van der Waals surface area contributed by atoms with E-state index in [0.717, 1.165) is 47.2 Å². The summed E-state index contributed by atoms with van der Waals surface area (Å²) in [5.74, 6) is -0.961. The molecule has 5 nitrogen and oxygen atoms in total. The van der Waals surface area contributed by atoms with Gasteiger partial charge in [0, 0.05) is 18.5 Å². The molecular weight excluding hydrogens is 292 g/mol. The van der Waals surface area contributed by atoms with Crippen molar-refractivity contribution < 1.29 is 15.0 Å². The summed E-state index contributed by atoms with van der Waals surface area (Å²) in [5, 5.41) is 24.3. The van der Waals surface area contributed by atoms with Crippen LogP contribution in [0.5, 0.6) is 0 Å². The lowest BCUT2D eigenvalue weighted by atomic mass is 9.78. The highest BCUT2D eigenvalue weighted by Crippen LogP contribution is 2.47. The maximum Gasteiger partial charge on any atom is 0.354 e. The molecule has 0 amide bonds. The number of nitrogens with zero attached hydrogens (tertiary/aromatic N) is 2. The number of aliphatic hydroxyl groups excluding tert-OH is 1. The molecule has 0 aliphatic heterocycles. The van der Waals surface area contributed by atoms with Crippen LogP contribution in [0.1, 0.15) is 57.7 Å². The van der Waals surface area contributed by atoms with Gasteiger partial charge in [0.25, 0.3) is 0 Å². The van der Waals surface area contributed by atoms with Crippen molar-refractivity contribution in [3.8, 4) is 0 Å². The SMILES string of the molecule is Cn1nc2c(c1C(=O)O)C(C1=CC(O)c3ccccc31)CCC2. The summed E-state index contributed by atoms with van der Waals surface area (Å²) in [6.07, 6.45) is 3.92. The summed E-state index contributed by atoms with van der Waals surface area (Å²) < 4.78 is 1.48. The standard InChI is InChI=1S/C18H18N2O3/c1-20-17(18(22)23)16-12(7-4-8-14(16)19-20)13-9-15(21)11-6-3-2-5-10(11)13/h2-3,5-6,9,12,15,21H,4,7-8H2,1H3,(H,22,23). The van der Waals surface area contributed by atoms with E-state index in [-0.39, 0.29) is 11.6 Å². The summed E-state index contributed by atoms with van der Waals surface area (Å²) in [7, 11) is 1.69. The van der Waals surface area contributed by atoms with Gasteiger partial charge < -0.3 is 10.2 Å². The highest BCUT2D eigenvalue weighted by atomic mass is 16.4. The number of benzene rings is 1. The van der Waals surface area contributed by atoms with Crippen molar-refractivity contribution in [2.24, 2.45) is 7.05 Å². The molecule has 2 atom stereocenters. The maximum atomic E-state index is 11.7. The number of hydrogen-bond acceptors (Lipinski definition) is 3. The molecule has 4 rings (SSSR count). The Morgan fingerprint density at radius 2 is 2.13 bits per heavy atom. The molecule has 2 N–H and O–H groups in total. The zero-order chi connectivity index (χ0) is 16.1. The van der Waals surface area contributed by atoms with E-state index >= 15 is 0 Å². The Balaban J connectivity index is 1.88. The summed E-state index contributed by atoms with van der Waals surface area (Å²) in [6, 6.07) is 7.80. The van der Waals surface area contributed by atoms with Gasteiger partial charge in [-0.3, -0.25) is 4.68 Å². The van der Waals surface area contributed by atoms with Gasteiger partial charge in [0.1, 0.15) is 5.69 Å². The number of aryl methyl sites for hydroxylation is 2. The number of rotatable bonds is 2. The van der Waals surface area contributed by atoms with Gasteiger partial charge in [0.05, 0.1) is 11.8 Å². The minimum Gasteiger partial charge on any atom is -0.477 e. The van der Waals surface area contributed by atoms with Crippen LogP contribution < -0.4 is 0 Å². The van der Waals surface area contributed by atoms with Gasteiger partial charge in [-0.25, -0.2) is 4.79 Å². The zero-order valence-corrected chi connectivity index (χ0v) is 12.9. The highest BCUT2D eigenvalue weighted by molar-refractivity contribution is 5.90. The molecule has 5 heteroatoms. The Kier molecular flexibility index (Phi) is 3.13. The molecule has 2 unspecified atom stereocenters. The second-order valence-corrected chi connectivity index (χ2v) is 6.24. The van der Waals surface area contributed by atoms with Gasteiger partial charge in [-0.2, -0.15) is 5.10 Å². The molecule has 2 aromatic rings. The minimum absolute atomic E-state index is 0.0168. The minimum atomic E-state index is -0.944. The van der Waals surface area contributed by atoms with E-state index in [0.29, 0.717) is 0 Å². The number of carboxylic acids is 1. The van der Waals surface area contributed by atoms with Crippen LogP contribution in [0.2, 0.25) is 0 Å². The number of aromatic nitrogens is 2. The topological polar surface area (TPSA) is 75.4 Å². The van der Waals surface area contributed by atoms with Gasteiger partial charge in [-0.05, 0) is 42.0 Å². The second kappa shape index (κ2) is 5.06. The molecule has 0 fully saturated rings. The molecule has 0 saturated heterocycles. The normalized spacial score (nSPS) is 22.4. The summed E-state index contributed by atoms with van der Waals surface area (Å²) >= 11 is 0. The quantitative estimate of drug-likeness (QED) is 0.894. The first-order chi connectivity index (χ1) is 11.1. The van der Waals surface area contributed by atoms with E-state index in [1.807, 2.05) is 30.3 Å². The number of carboxylic acid groups (broad SMARTS) is 1. The van der Waals surface area contributed by atoms with Crippen molar-refractivity contribution in [1.82, 2.24) is 9.78 Å². The van der Waals surface area contributed by atoms with Crippen LogP contribution >= 0.6 is 0 Å². The number of aliphatic hydroxyl groups is 1. The molecule has 1 aromatic carbocycles. The van der Waals surface area contributed by atoms with Crippen LogP contribution in [0, 0.1) is 0 Å². The van der Waals surface area contributed by atoms with Crippen LogP contribution in [0.15, 0.2) is 30.3 Å². The average molecular weight is 310 g/mol. The molecule has 118 valence electrons. The smallest absolute Gasteiger partial charge is 0.354 e. The fourth-order valence-electron chi connectivity index (χ4n) is 4.00. The van der Waals surface area contributed by atoms with Gasteiger partial charge in [0.2, 0.25) is 0 Å². The first-order valence-electron chi connectivity index (χ1n) is 7.86. The van der Waals surface area contributed by atoms with E-state index in [1.165, 1.54) is 4.68 Å². The van der Waals surface area contributed by atoms with Crippen molar-refractivity contribution in [2.75, 3.05) is 0 Å². The van der Waals surface area contributed by atoms with Crippen molar-refractivity contribution in [3.63, 3.8) is 0 Å². The molecule has 1 aromatic heterocycles. The molecular formula is C18H18N2O3. The van der Waals surface area contributed by atoms with Crippen LogP contribution in [0.25, 0.3) is 5.57 Å². The number of fused-ring (bicyclic) bond motifs is 2. The number of hydrogen-bond donors (Lipinski definition) is 2. The third kappa shape index (κ3) is 2.04. The van der Waals surface area contributed by atoms with E-state index in [4.69, 9.17) is 0 Å². The molecule has 2 aliphatic rings. The van der Waals surface area contributed by atoms with Crippen molar-refractivity contribution in [3.05, 3.63) is 58.4 Å². The first kappa shape index (κ1) is 14.2. The van der Waals surface area contributed by atoms with Gasteiger partial charge in [-0.15, -0.1) is 0 Å². The third-order valence-corrected chi connectivity index (χ3v) is 4.92. The van der Waals surface area contributed by atoms with Crippen molar-refractivity contribution >= 4 is 11.5 Å². The predicted octanol–water partition coefficient (Wildman–Crippen LogP) is 2.67. The van der Waals surface area contributed by atoms with Crippen LogP contribution in [0.3, 0.4) is 0 Å². The zero-order valence-electron chi connectivity index (χ0n) is 12.9. The summed E-state index contributed by atoms with van der Waals surface area (Å²) in [6.45, 7) is 0. The maximum absolute atomic E-state index is 11.7. The molecule has 0 radical (unpaired) electrons. The van der Waals surface area contributed by atoms with Gasteiger partial charge in [-0.1, -0.05) is 24.3 Å². The number of aromatic carboxylic acids is 1. The Labute approximate surface area is 133 Å². The molecule has 1 heterocycles. The fraction of sp³-hybridized carbons (Fsp3) is 0.333. The third-order valence-electron chi connectivity index (χ3n) is 4.92. The average Bonchev–Trinajstić information content (AvgIpc) is 3.04. The van der Waals surface area contributed by atoms with Gasteiger partial charge in [0.15, 0.2) is 0 Å². The molecule has 0 saturated carbocycles. The van der Waals surface area contributed by atoms with Gasteiger partial charge >= 0.3 is 5.97 Å². The molecule has 0 bridgehead atoms. The Bertz CT molecular complexity index is 835. The van der Waals surface area contributed by atoms with E-state index in [9.17, 15) is 15.0 Å². The van der Waals surface area contributed by atoms with Crippen molar-refractivity contribution in [1.29, 1.82) is 0 Å². The monoisotopic (exact) mass is 310 g/mol. The first-order valence-corrected chi connectivity index (χ1v) is 7.86. The Morgan fingerprint density at radius 1 is 1.35 bits per heavy atom. The number of allylic oxidation sites excluding steroid dienone is 1. The lowest BCUT2D eigenvalue weighted by molar-refractivity contribution is 0.0683. The van der Waals surface area contributed by atoms with Crippen LogP contribution in [-0.4, -0.2) is 26.0 Å². The summed E-state index contributed by atoms with van der Waals surface area (Å²) in [4.78, 5) is 11.7. The Morgan fingerprint density at radius 3 is 2.91 bits per heavy atom. The summed E-state index contributed by atoms with van der Waals surface area (Å²) in [5.41, 5.74) is 4.92. The molecule has 0 spiro atoms. The Hall–Kier alpha value is -2.40. The van der Waals surface area contributed by atoms with Crippen LogP contribution in [-0.2, 0) is 13.5 Å². The number of carbonyl (C=O) groups is 1. The lowest BCUT2D eigenvalue weighted by Gasteiger charge is -2.24.